The minimum Gasteiger partial charge on any atom is -0.349 e. The Balaban J connectivity index is 2.59. The molecule has 1 unspecified atom stereocenters. The largest absolute Gasteiger partial charge is 0.463 e. The summed E-state index contributed by atoms with van der Waals surface area (Å²) in [4.78, 5) is 11.0. The number of alkyl halides is 5. The maximum absolute atomic E-state index is 12.7. The van der Waals surface area contributed by atoms with Gasteiger partial charge in [-0.2, -0.15) is 22.0 Å². The van der Waals surface area contributed by atoms with Gasteiger partial charge in [-0.1, -0.05) is 13.8 Å². The summed E-state index contributed by atoms with van der Waals surface area (Å²) in [6.07, 6.45) is -4.15. The topological polar surface area (TPSA) is 41.1 Å². The first-order valence-electron chi connectivity index (χ1n) is 5.95. The summed E-state index contributed by atoms with van der Waals surface area (Å²) in [7, 11) is 0. The Kier molecular flexibility index (Phi) is 4.44. The fourth-order valence-electron chi connectivity index (χ4n) is 2.05. The van der Waals surface area contributed by atoms with Crippen LogP contribution in [0.2, 0.25) is 0 Å². The van der Waals surface area contributed by atoms with Crippen molar-refractivity contribution in [2.45, 2.75) is 44.8 Å². The molecule has 0 radical (unpaired) electrons. The first-order chi connectivity index (χ1) is 8.48. The first kappa shape index (κ1) is 16.1. The summed E-state index contributed by atoms with van der Waals surface area (Å²) in [5.41, 5.74) is -0.265. The van der Waals surface area contributed by atoms with Gasteiger partial charge < -0.3 is 10.6 Å². The third-order valence-electron chi connectivity index (χ3n) is 3.44. The number of halogens is 5. The van der Waals surface area contributed by atoms with Crippen molar-refractivity contribution in [2.75, 3.05) is 13.1 Å². The molecule has 0 aromatic heterocycles. The van der Waals surface area contributed by atoms with E-state index in [1.807, 2.05) is 13.8 Å². The second-order valence-corrected chi connectivity index (χ2v) is 5.38. The summed E-state index contributed by atoms with van der Waals surface area (Å²) in [5.74, 6) is -7.66. The van der Waals surface area contributed by atoms with Gasteiger partial charge in [0.25, 0.3) is 5.91 Å². The molecule has 1 aliphatic rings. The second-order valence-electron chi connectivity index (χ2n) is 5.38. The monoisotopic (exact) mass is 288 g/mol. The highest BCUT2D eigenvalue weighted by atomic mass is 19.4. The molecule has 0 spiro atoms. The molecule has 1 amide bonds. The average molecular weight is 288 g/mol. The molecule has 1 heterocycles. The highest BCUT2D eigenvalue weighted by Crippen LogP contribution is 2.35. The van der Waals surface area contributed by atoms with Crippen LogP contribution in [0.3, 0.4) is 0 Å². The smallest absolute Gasteiger partial charge is 0.349 e. The Bertz CT molecular complexity index is 340. The molecule has 0 saturated carbocycles. The molecular weight excluding hydrogens is 271 g/mol. The first-order valence-corrected chi connectivity index (χ1v) is 5.95. The average Bonchev–Trinajstić information content (AvgIpc) is 2.25. The number of hydrogen-bond acceptors (Lipinski definition) is 2. The molecule has 3 nitrogen and oxygen atoms in total. The normalized spacial score (nSPS) is 24.1. The summed E-state index contributed by atoms with van der Waals surface area (Å²) < 4.78 is 61.4. The molecular formula is C11H17F5N2O. The molecule has 0 aromatic rings. The fourth-order valence-corrected chi connectivity index (χ4v) is 2.05. The number of carbonyl (C=O) groups excluding carboxylic acids is 1. The van der Waals surface area contributed by atoms with Crippen molar-refractivity contribution in [1.29, 1.82) is 0 Å². The van der Waals surface area contributed by atoms with Crippen molar-refractivity contribution in [3.63, 3.8) is 0 Å². The number of carbonyl (C=O) groups is 1. The lowest BCUT2D eigenvalue weighted by Crippen LogP contribution is -2.57. The number of rotatable bonds is 3. The van der Waals surface area contributed by atoms with Gasteiger partial charge in [0.2, 0.25) is 0 Å². The Hall–Kier alpha value is -0.920. The van der Waals surface area contributed by atoms with Gasteiger partial charge in [0.05, 0.1) is 0 Å². The third kappa shape index (κ3) is 3.55. The van der Waals surface area contributed by atoms with E-state index >= 15 is 0 Å². The van der Waals surface area contributed by atoms with Crippen LogP contribution in [-0.4, -0.2) is 37.1 Å². The summed E-state index contributed by atoms with van der Waals surface area (Å²) in [5, 5.41) is 4.70. The second kappa shape index (κ2) is 5.22. The van der Waals surface area contributed by atoms with E-state index in [2.05, 4.69) is 5.32 Å². The lowest BCUT2D eigenvalue weighted by Gasteiger charge is -2.39. The third-order valence-corrected chi connectivity index (χ3v) is 3.44. The minimum atomic E-state index is -5.87. The van der Waals surface area contributed by atoms with Crippen LogP contribution in [0.5, 0.6) is 0 Å². The van der Waals surface area contributed by atoms with Gasteiger partial charge in [0.15, 0.2) is 0 Å². The molecule has 0 aliphatic carbocycles. The standard InChI is InChI=1S/C11H17F5N2O/c1-9(2)4-3-5-17-7(9)6-18-8(19)10(12,13)11(14,15)16/h7,17H,3-6H2,1-2H3,(H,18,19). The van der Waals surface area contributed by atoms with Crippen LogP contribution < -0.4 is 10.6 Å². The minimum absolute atomic E-state index is 0.252. The fraction of sp³-hybridized carbons (Fsp3) is 0.909. The zero-order valence-corrected chi connectivity index (χ0v) is 10.7. The molecule has 1 aliphatic heterocycles. The maximum atomic E-state index is 12.7. The van der Waals surface area contributed by atoms with Gasteiger partial charge in [0, 0.05) is 12.6 Å². The molecule has 2 N–H and O–H groups in total. The van der Waals surface area contributed by atoms with E-state index in [0.29, 0.717) is 6.54 Å². The van der Waals surface area contributed by atoms with Crippen LogP contribution in [0.15, 0.2) is 0 Å². The molecule has 0 aromatic carbocycles. The zero-order valence-electron chi connectivity index (χ0n) is 10.7. The van der Waals surface area contributed by atoms with Crippen molar-refractivity contribution >= 4 is 5.91 Å². The number of hydrogen-bond donors (Lipinski definition) is 2. The van der Waals surface area contributed by atoms with Crippen LogP contribution in [-0.2, 0) is 4.79 Å². The molecule has 1 saturated heterocycles. The Morgan fingerprint density at radius 3 is 2.37 bits per heavy atom. The zero-order chi connectivity index (χ0) is 14.9. The van der Waals surface area contributed by atoms with Gasteiger partial charge in [-0.25, -0.2) is 0 Å². The summed E-state index contributed by atoms with van der Waals surface area (Å²) in [6.45, 7) is 4.15. The molecule has 1 atom stereocenters. The molecule has 112 valence electrons. The van der Waals surface area contributed by atoms with E-state index in [1.54, 1.807) is 5.32 Å². The van der Waals surface area contributed by atoms with E-state index in [1.165, 1.54) is 0 Å². The number of nitrogens with one attached hydrogen (secondary N) is 2. The van der Waals surface area contributed by atoms with E-state index in [9.17, 15) is 26.7 Å². The van der Waals surface area contributed by atoms with E-state index in [-0.39, 0.29) is 18.0 Å². The molecule has 19 heavy (non-hydrogen) atoms. The van der Waals surface area contributed by atoms with Crippen LogP contribution in [0.4, 0.5) is 22.0 Å². The molecule has 0 bridgehead atoms. The van der Waals surface area contributed by atoms with Crippen molar-refractivity contribution in [3.05, 3.63) is 0 Å². The molecule has 1 fully saturated rings. The predicted octanol–water partition coefficient (Wildman–Crippen LogP) is 2.08. The highest BCUT2D eigenvalue weighted by molar-refractivity contribution is 5.84. The quantitative estimate of drug-likeness (QED) is 0.781. The Morgan fingerprint density at radius 2 is 1.89 bits per heavy atom. The van der Waals surface area contributed by atoms with Crippen LogP contribution in [0.1, 0.15) is 26.7 Å². The number of amides is 1. The van der Waals surface area contributed by atoms with E-state index < -0.39 is 18.0 Å². The van der Waals surface area contributed by atoms with Gasteiger partial charge >= 0.3 is 12.1 Å². The van der Waals surface area contributed by atoms with Crippen molar-refractivity contribution < 1.29 is 26.7 Å². The van der Waals surface area contributed by atoms with Crippen molar-refractivity contribution in [3.8, 4) is 0 Å². The molecule has 8 heteroatoms. The maximum Gasteiger partial charge on any atom is 0.463 e. The van der Waals surface area contributed by atoms with Crippen molar-refractivity contribution in [1.82, 2.24) is 10.6 Å². The van der Waals surface area contributed by atoms with Gasteiger partial charge in [0.1, 0.15) is 0 Å². The van der Waals surface area contributed by atoms with Gasteiger partial charge in [-0.05, 0) is 24.8 Å². The van der Waals surface area contributed by atoms with Crippen molar-refractivity contribution in [2.24, 2.45) is 5.41 Å². The SMILES string of the molecule is CC1(C)CCCNC1CNC(=O)C(F)(F)C(F)(F)F. The number of piperidine rings is 1. The Labute approximate surface area is 107 Å². The Morgan fingerprint density at radius 1 is 1.32 bits per heavy atom. The van der Waals surface area contributed by atoms with E-state index in [4.69, 9.17) is 0 Å². The molecule has 1 rings (SSSR count). The summed E-state index contributed by atoms with van der Waals surface area (Å²) in [6, 6.07) is -0.325. The van der Waals surface area contributed by atoms with Crippen LogP contribution >= 0.6 is 0 Å². The lowest BCUT2D eigenvalue weighted by atomic mass is 9.77. The highest BCUT2D eigenvalue weighted by Gasteiger charge is 2.63. The van der Waals surface area contributed by atoms with Gasteiger partial charge in [-0.15, -0.1) is 0 Å². The van der Waals surface area contributed by atoms with Gasteiger partial charge in [-0.3, -0.25) is 4.79 Å². The predicted molar refractivity (Wildman–Crippen MR) is 58.8 cm³/mol. The van der Waals surface area contributed by atoms with Crippen LogP contribution in [0, 0.1) is 5.41 Å². The van der Waals surface area contributed by atoms with E-state index in [0.717, 1.165) is 12.8 Å². The summed E-state index contributed by atoms with van der Waals surface area (Å²) >= 11 is 0. The van der Waals surface area contributed by atoms with Crippen LogP contribution in [0.25, 0.3) is 0 Å². The lowest BCUT2D eigenvalue weighted by molar-refractivity contribution is -0.269.